The van der Waals surface area contributed by atoms with Gasteiger partial charge in [-0.3, -0.25) is 4.90 Å². The number of carbonyl (C=O) groups is 1. The molecule has 2 fully saturated rings. The number of amides is 1. The minimum Gasteiger partial charge on any atom is -0.465 e. The average Bonchev–Trinajstić information content (AvgIpc) is 3.10. The van der Waals surface area contributed by atoms with E-state index in [1.165, 1.54) is 17.8 Å². The molecule has 3 heterocycles. The Balaban J connectivity index is 1.47. The molecular weight excluding hydrogens is 538 g/mol. The summed E-state index contributed by atoms with van der Waals surface area (Å²) in [6.45, 7) is 9.65. The molecule has 4 rings (SSSR count). The van der Waals surface area contributed by atoms with E-state index < -0.39 is 21.7 Å². The molecule has 0 radical (unpaired) electrons. The van der Waals surface area contributed by atoms with Gasteiger partial charge in [0.1, 0.15) is 15.7 Å². The Kier molecular flexibility index (Phi) is 7.70. The number of piperidine rings is 1. The summed E-state index contributed by atoms with van der Waals surface area (Å²) in [5.74, 6) is 0.720. The maximum Gasteiger partial charge on any atom is 0.408 e. The van der Waals surface area contributed by atoms with Gasteiger partial charge in [-0.2, -0.15) is 0 Å². The number of rotatable bonds is 5. The number of nitrogens with two attached hydrogens (primary N) is 1. The second-order valence-corrected chi connectivity index (χ2v) is 13.5. The van der Waals surface area contributed by atoms with E-state index in [2.05, 4.69) is 14.9 Å². The number of halogens is 1. The van der Waals surface area contributed by atoms with Crippen molar-refractivity contribution in [1.82, 2.24) is 14.9 Å². The number of nitrogens with zero attached hydrogens (tertiary/aromatic N) is 4. The smallest absolute Gasteiger partial charge is 0.408 e. The van der Waals surface area contributed by atoms with Gasteiger partial charge in [-0.05, 0) is 52.7 Å². The SMILES string of the molecule is C[C@@H]1OCC2(CCN(c3cnc(Sc4cccc(S(N)(=O)=O)c4Cl)cn3)CC2)[C@@H]1N(C(=O)O)C(C)(C)C. The number of primary sulfonamides is 1. The number of sulfonamides is 1. The van der Waals surface area contributed by atoms with Gasteiger partial charge in [-0.25, -0.2) is 28.3 Å². The second-order valence-electron chi connectivity index (χ2n) is 10.6. The molecule has 37 heavy (non-hydrogen) atoms. The van der Waals surface area contributed by atoms with E-state index in [0.29, 0.717) is 29.6 Å². The molecule has 1 aromatic heterocycles. The van der Waals surface area contributed by atoms with Gasteiger partial charge in [0.25, 0.3) is 0 Å². The lowest BCUT2D eigenvalue weighted by molar-refractivity contribution is 0.00842. The van der Waals surface area contributed by atoms with Crippen LogP contribution in [0.1, 0.15) is 40.5 Å². The molecule has 2 aliphatic rings. The third-order valence-electron chi connectivity index (χ3n) is 7.06. The first kappa shape index (κ1) is 27.9. The lowest BCUT2D eigenvalue weighted by Gasteiger charge is -2.49. The van der Waals surface area contributed by atoms with Crippen LogP contribution in [-0.4, -0.2) is 71.9 Å². The molecule has 2 saturated heterocycles. The predicted molar refractivity (Wildman–Crippen MR) is 142 cm³/mol. The summed E-state index contributed by atoms with van der Waals surface area (Å²) in [6, 6.07) is 4.40. The van der Waals surface area contributed by atoms with Crippen LogP contribution in [-0.2, 0) is 14.8 Å². The molecule has 3 N–H and O–H groups in total. The van der Waals surface area contributed by atoms with Crippen molar-refractivity contribution >= 4 is 45.3 Å². The fourth-order valence-corrected chi connectivity index (χ4v) is 7.37. The Morgan fingerprint density at radius 1 is 1.27 bits per heavy atom. The molecule has 1 aromatic carbocycles. The van der Waals surface area contributed by atoms with Crippen LogP contribution in [0.3, 0.4) is 0 Å². The monoisotopic (exact) mass is 569 g/mol. The first-order valence-corrected chi connectivity index (χ1v) is 14.7. The third-order valence-corrected chi connectivity index (χ3v) is 9.62. The molecule has 10 nitrogen and oxygen atoms in total. The summed E-state index contributed by atoms with van der Waals surface area (Å²) in [5, 5.41) is 15.9. The van der Waals surface area contributed by atoms with Crippen LogP contribution < -0.4 is 10.0 Å². The highest BCUT2D eigenvalue weighted by molar-refractivity contribution is 7.99. The van der Waals surface area contributed by atoms with Gasteiger partial charge in [0.05, 0.1) is 36.2 Å². The van der Waals surface area contributed by atoms with E-state index in [1.807, 2.05) is 27.7 Å². The molecule has 13 heteroatoms. The lowest BCUT2D eigenvalue weighted by Crippen LogP contribution is -2.61. The van der Waals surface area contributed by atoms with Gasteiger partial charge in [0, 0.05) is 28.9 Å². The van der Waals surface area contributed by atoms with Crippen LogP contribution in [0, 0.1) is 5.41 Å². The van der Waals surface area contributed by atoms with E-state index in [-0.39, 0.29) is 27.5 Å². The van der Waals surface area contributed by atoms with Crippen LogP contribution in [0.2, 0.25) is 5.02 Å². The Morgan fingerprint density at radius 2 is 1.95 bits per heavy atom. The highest BCUT2D eigenvalue weighted by atomic mass is 35.5. The summed E-state index contributed by atoms with van der Waals surface area (Å²) in [4.78, 5) is 25.4. The highest BCUT2D eigenvalue weighted by Gasteiger charge is 2.55. The molecule has 1 spiro atoms. The average molecular weight is 570 g/mol. The van der Waals surface area contributed by atoms with E-state index in [1.54, 1.807) is 29.4 Å². The van der Waals surface area contributed by atoms with Crippen molar-refractivity contribution in [3.63, 3.8) is 0 Å². The zero-order chi connectivity index (χ0) is 27.2. The zero-order valence-electron chi connectivity index (χ0n) is 21.2. The van der Waals surface area contributed by atoms with Crippen molar-refractivity contribution in [2.45, 2.75) is 73.0 Å². The van der Waals surface area contributed by atoms with Crippen LogP contribution in [0.15, 0.2) is 45.4 Å². The van der Waals surface area contributed by atoms with Crippen molar-refractivity contribution in [1.29, 1.82) is 0 Å². The van der Waals surface area contributed by atoms with Gasteiger partial charge in [0.15, 0.2) is 0 Å². The minimum absolute atomic E-state index is 0.0513. The largest absolute Gasteiger partial charge is 0.465 e. The number of anilines is 1. The predicted octanol–water partition coefficient (Wildman–Crippen LogP) is 4.08. The van der Waals surface area contributed by atoms with E-state index in [0.717, 1.165) is 18.7 Å². The molecule has 202 valence electrons. The number of aromatic nitrogens is 2. The summed E-state index contributed by atoms with van der Waals surface area (Å²) in [6.07, 6.45) is 3.75. The summed E-state index contributed by atoms with van der Waals surface area (Å²) in [5.41, 5.74) is -0.797. The normalized spacial score (nSPS) is 21.8. The van der Waals surface area contributed by atoms with Crippen molar-refractivity contribution < 1.29 is 23.1 Å². The van der Waals surface area contributed by atoms with Gasteiger partial charge in [0.2, 0.25) is 10.0 Å². The fourth-order valence-electron chi connectivity index (χ4n) is 5.33. The van der Waals surface area contributed by atoms with E-state index >= 15 is 0 Å². The molecule has 0 unspecified atom stereocenters. The fraction of sp³-hybridized carbons (Fsp3) is 0.542. The molecule has 2 aliphatic heterocycles. The number of hydrogen-bond donors (Lipinski definition) is 2. The minimum atomic E-state index is -3.94. The number of hydrogen-bond acceptors (Lipinski definition) is 8. The highest BCUT2D eigenvalue weighted by Crippen LogP contribution is 2.47. The van der Waals surface area contributed by atoms with Gasteiger partial charge < -0.3 is 14.7 Å². The van der Waals surface area contributed by atoms with Gasteiger partial charge in [-0.15, -0.1) is 0 Å². The standard InChI is InChI=1S/C24H32ClN5O5S2/c1-15-21(30(22(31)32)23(2,3)4)24(14-35-15)8-10-29(11-9-24)18-12-28-19(13-27-18)36-16-6-5-7-17(20(16)25)37(26,33)34/h5-7,12-13,15,21H,8-11,14H2,1-4H3,(H,31,32)(H2,26,33,34)/t15-,21+/m0/s1. The van der Waals surface area contributed by atoms with E-state index in [9.17, 15) is 18.3 Å². The maximum absolute atomic E-state index is 12.2. The van der Waals surface area contributed by atoms with Crippen LogP contribution in [0.25, 0.3) is 0 Å². The zero-order valence-corrected chi connectivity index (χ0v) is 23.6. The first-order valence-electron chi connectivity index (χ1n) is 11.9. The Labute approximate surface area is 226 Å². The summed E-state index contributed by atoms with van der Waals surface area (Å²) < 4.78 is 29.5. The van der Waals surface area contributed by atoms with Crippen molar-refractivity contribution in [2.75, 3.05) is 24.6 Å². The molecule has 0 saturated carbocycles. The van der Waals surface area contributed by atoms with E-state index in [4.69, 9.17) is 21.5 Å². The quantitative estimate of drug-likeness (QED) is 0.545. The van der Waals surface area contributed by atoms with Crippen LogP contribution >= 0.6 is 23.4 Å². The van der Waals surface area contributed by atoms with Crippen molar-refractivity contribution in [3.05, 3.63) is 35.6 Å². The first-order chi connectivity index (χ1) is 17.2. The van der Waals surface area contributed by atoms with Crippen LogP contribution in [0.5, 0.6) is 0 Å². The Bertz CT molecular complexity index is 1260. The molecule has 0 bridgehead atoms. The topological polar surface area (TPSA) is 139 Å². The second kappa shape index (κ2) is 10.2. The lowest BCUT2D eigenvalue weighted by atomic mass is 9.71. The number of carboxylic acid groups (broad SMARTS) is 1. The van der Waals surface area contributed by atoms with Crippen molar-refractivity contribution in [2.24, 2.45) is 10.6 Å². The summed E-state index contributed by atoms with van der Waals surface area (Å²) in [7, 11) is -3.94. The Hall–Kier alpha value is -2.12. The number of ether oxygens (including phenoxy) is 1. The summed E-state index contributed by atoms with van der Waals surface area (Å²) >= 11 is 7.46. The Morgan fingerprint density at radius 3 is 2.49 bits per heavy atom. The molecular formula is C24H32ClN5O5S2. The molecule has 1 amide bonds. The molecule has 2 aromatic rings. The van der Waals surface area contributed by atoms with Crippen LogP contribution in [0.4, 0.5) is 10.6 Å². The molecule has 2 atom stereocenters. The number of benzene rings is 1. The van der Waals surface area contributed by atoms with Gasteiger partial charge >= 0.3 is 6.09 Å². The van der Waals surface area contributed by atoms with Crippen molar-refractivity contribution in [3.8, 4) is 0 Å². The molecule has 0 aliphatic carbocycles. The maximum atomic E-state index is 12.2. The third kappa shape index (κ3) is 5.68. The van der Waals surface area contributed by atoms with Gasteiger partial charge in [-0.1, -0.05) is 29.4 Å².